The Hall–Kier alpha value is -0.230. The number of rotatable bonds is 3. The lowest BCUT2D eigenvalue weighted by Gasteiger charge is -2.44. The molecule has 0 aromatic heterocycles. The second-order valence-corrected chi connectivity index (χ2v) is 10.2. The molecule has 120 valence electrons. The normalized spacial score (nSPS) is 35.4. The van der Waals surface area contributed by atoms with E-state index in [4.69, 9.17) is 0 Å². The summed E-state index contributed by atoms with van der Waals surface area (Å²) < 4.78 is 22.9. The van der Waals surface area contributed by atoms with Crippen LogP contribution in [0.4, 0.5) is 0 Å². The molecule has 1 saturated carbocycles. The van der Waals surface area contributed by atoms with Crippen molar-refractivity contribution in [2.24, 2.45) is 5.92 Å². The molecular weight excluding hydrogens is 306 g/mol. The monoisotopic (exact) mass is 331 g/mol. The van der Waals surface area contributed by atoms with Gasteiger partial charge >= 0.3 is 0 Å². The zero-order valence-electron chi connectivity index (χ0n) is 12.5. The van der Waals surface area contributed by atoms with Gasteiger partial charge in [0.1, 0.15) is 0 Å². The molecule has 0 bridgehead atoms. The largest absolute Gasteiger partial charge is 0.339 e. The van der Waals surface area contributed by atoms with Gasteiger partial charge < -0.3 is 4.90 Å². The Labute approximate surface area is 132 Å². The first kappa shape index (κ1) is 15.7. The minimum Gasteiger partial charge on any atom is -0.339 e. The zero-order chi connectivity index (χ0) is 14.9. The number of carbonyl (C=O) groups excluding carboxylic acids is 1. The quantitative estimate of drug-likeness (QED) is 0.794. The van der Waals surface area contributed by atoms with Gasteiger partial charge in [0.25, 0.3) is 0 Å². The molecule has 0 N–H and O–H groups in total. The van der Waals surface area contributed by atoms with Crippen molar-refractivity contribution in [3.05, 3.63) is 0 Å². The van der Waals surface area contributed by atoms with E-state index in [9.17, 15) is 13.2 Å². The van der Waals surface area contributed by atoms with E-state index in [1.807, 2.05) is 0 Å². The number of carbonyl (C=O) groups is 1. The maximum absolute atomic E-state index is 12.5. The number of nitrogens with zero attached hydrogens (tertiary/aromatic N) is 1. The highest BCUT2D eigenvalue weighted by molar-refractivity contribution is 8.02. The van der Waals surface area contributed by atoms with Gasteiger partial charge in [-0.15, -0.1) is 11.8 Å². The van der Waals surface area contributed by atoms with Crippen LogP contribution in [0.2, 0.25) is 0 Å². The predicted octanol–water partition coefficient (Wildman–Crippen LogP) is 2.09. The molecule has 3 fully saturated rings. The van der Waals surface area contributed by atoms with Gasteiger partial charge in [0.2, 0.25) is 5.91 Å². The Morgan fingerprint density at radius 2 is 1.86 bits per heavy atom. The third kappa shape index (κ3) is 3.76. The lowest BCUT2D eigenvalue weighted by Crippen LogP contribution is -2.50. The van der Waals surface area contributed by atoms with Gasteiger partial charge in [-0.3, -0.25) is 4.79 Å². The highest BCUT2D eigenvalue weighted by Gasteiger charge is 2.36. The molecular formula is C15H25NO3S2. The average Bonchev–Trinajstić information content (AvgIpc) is 2.83. The van der Waals surface area contributed by atoms with Crippen molar-refractivity contribution in [3.8, 4) is 0 Å². The number of fused-ring (bicyclic) bond motifs is 1. The van der Waals surface area contributed by atoms with Crippen molar-refractivity contribution < 1.29 is 13.2 Å². The molecule has 0 radical (unpaired) electrons. The molecule has 21 heavy (non-hydrogen) atoms. The van der Waals surface area contributed by atoms with E-state index in [1.165, 1.54) is 32.1 Å². The average molecular weight is 332 g/mol. The second-order valence-electron chi connectivity index (χ2n) is 6.68. The lowest BCUT2D eigenvalue weighted by molar-refractivity contribution is -0.134. The van der Waals surface area contributed by atoms with Crippen molar-refractivity contribution in [3.63, 3.8) is 0 Å². The molecule has 1 aliphatic carbocycles. The summed E-state index contributed by atoms with van der Waals surface area (Å²) in [4.78, 5) is 14.6. The van der Waals surface area contributed by atoms with E-state index >= 15 is 0 Å². The number of hydrogen-bond donors (Lipinski definition) is 0. The van der Waals surface area contributed by atoms with Crippen LogP contribution in [0.15, 0.2) is 0 Å². The van der Waals surface area contributed by atoms with Crippen molar-refractivity contribution in [1.82, 2.24) is 4.90 Å². The number of thioether (sulfide) groups is 1. The number of amides is 1. The summed E-state index contributed by atoms with van der Waals surface area (Å²) in [5.41, 5.74) is 0. The number of piperidine rings is 1. The van der Waals surface area contributed by atoms with Crippen LogP contribution >= 0.6 is 11.8 Å². The van der Waals surface area contributed by atoms with Crippen LogP contribution in [0.1, 0.15) is 44.9 Å². The molecule has 2 saturated heterocycles. The molecule has 2 heterocycles. The van der Waals surface area contributed by atoms with Crippen molar-refractivity contribution in [2.75, 3.05) is 23.8 Å². The fraction of sp³-hybridized carbons (Fsp3) is 0.933. The van der Waals surface area contributed by atoms with Gasteiger partial charge in [-0.1, -0.05) is 12.8 Å². The van der Waals surface area contributed by atoms with Crippen LogP contribution in [-0.2, 0) is 14.6 Å². The molecule has 0 aromatic carbocycles. The highest BCUT2D eigenvalue weighted by atomic mass is 32.2. The van der Waals surface area contributed by atoms with Gasteiger partial charge in [-0.05, 0) is 38.0 Å². The maximum atomic E-state index is 12.5. The first-order chi connectivity index (χ1) is 10.1. The summed E-state index contributed by atoms with van der Waals surface area (Å²) in [6.45, 7) is 0.906. The first-order valence-electron chi connectivity index (χ1n) is 8.17. The Morgan fingerprint density at radius 3 is 2.62 bits per heavy atom. The lowest BCUT2D eigenvalue weighted by atomic mass is 9.78. The summed E-state index contributed by atoms with van der Waals surface area (Å²) in [5, 5.41) is 0.130. The second kappa shape index (κ2) is 6.49. The van der Waals surface area contributed by atoms with Crippen LogP contribution < -0.4 is 0 Å². The number of hydrogen-bond acceptors (Lipinski definition) is 4. The summed E-state index contributed by atoms with van der Waals surface area (Å²) in [7, 11) is -2.83. The highest BCUT2D eigenvalue weighted by Crippen LogP contribution is 2.35. The predicted molar refractivity (Wildman–Crippen MR) is 86.2 cm³/mol. The third-order valence-corrected chi connectivity index (χ3v) is 8.46. The SMILES string of the molecule is O=C(CSC1CCS(=O)(=O)C1)N1CCCC2CCCCC21. The zero-order valence-corrected chi connectivity index (χ0v) is 14.1. The van der Waals surface area contributed by atoms with Gasteiger partial charge in [0.05, 0.1) is 17.3 Å². The number of likely N-dealkylation sites (tertiary alicyclic amines) is 1. The minimum absolute atomic E-state index is 0.130. The molecule has 3 rings (SSSR count). The van der Waals surface area contributed by atoms with Crippen LogP contribution in [0, 0.1) is 5.92 Å². The topological polar surface area (TPSA) is 54.5 Å². The van der Waals surface area contributed by atoms with Crippen molar-refractivity contribution in [2.45, 2.75) is 56.2 Å². The van der Waals surface area contributed by atoms with Gasteiger partial charge in [-0.2, -0.15) is 0 Å². The third-order valence-electron chi connectivity index (χ3n) is 5.20. The van der Waals surface area contributed by atoms with Gasteiger partial charge in [0, 0.05) is 17.8 Å². The van der Waals surface area contributed by atoms with E-state index in [2.05, 4.69) is 4.90 Å². The van der Waals surface area contributed by atoms with Crippen molar-refractivity contribution >= 4 is 27.5 Å². The molecule has 3 unspecified atom stereocenters. The summed E-state index contributed by atoms with van der Waals surface area (Å²) in [6.07, 6.45) is 8.14. The number of sulfone groups is 1. The molecule has 0 aromatic rings. The fourth-order valence-corrected chi connectivity index (χ4v) is 7.63. The Kier molecular flexibility index (Phi) is 4.84. The maximum Gasteiger partial charge on any atom is 0.232 e. The molecule has 6 heteroatoms. The molecule has 0 spiro atoms. The van der Waals surface area contributed by atoms with Crippen LogP contribution in [0.3, 0.4) is 0 Å². The fourth-order valence-electron chi connectivity index (χ4n) is 4.10. The Balaban J connectivity index is 1.52. The standard InChI is InChI=1S/C15H25NO3S2/c17-15(10-20-13-7-9-21(18,19)11-13)16-8-3-5-12-4-1-2-6-14(12)16/h12-14H,1-11H2. The molecule has 3 aliphatic rings. The van der Waals surface area contributed by atoms with Crippen LogP contribution in [0.25, 0.3) is 0 Å². The van der Waals surface area contributed by atoms with E-state index in [0.717, 1.165) is 13.0 Å². The molecule has 1 amide bonds. The summed E-state index contributed by atoms with van der Waals surface area (Å²) in [6, 6.07) is 0.466. The minimum atomic E-state index is -2.83. The molecule has 2 aliphatic heterocycles. The van der Waals surface area contributed by atoms with Crippen molar-refractivity contribution in [1.29, 1.82) is 0 Å². The summed E-state index contributed by atoms with van der Waals surface area (Å²) in [5.74, 6) is 1.97. The smallest absolute Gasteiger partial charge is 0.232 e. The Bertz CT molecular complexity index is 489. The van der Waals surface area contributed by atoms with E-state index in [0.29, 0.717) is 29.9 Å². The van der Waals surface area contributed by atoms with E-state index in [1.54, 1.807) is 11.8 Å². The van der Waals surface area contributed by atoms with Crippen LogP contribution in [0.5, 0.6) is 0 Å². The Morgan fingerprint density at radius 1 is 1.10 bits per heavy atom. The first-order valence-corrected chi connectivity index (χ1v) is 11.0. The van der Waals surface area contributed by atoms with Crippen LogP contribution in [-0.4, -0.2) is 54.3 Å². The van der Waals surface area contributed by atoms with Gasteiger partial charge in [-0.25, -0.2) is 8.42 Å². The summed E-state index contributed by atoms with van der Waals surface area (Å²) >= 11 is 1.56. The van der Waals surface area contributed by atoms with E-state index < -0.39 is 9.84 Å². The van der Waals surface area contributed by atoms with E-state index in [-0.39, 0.29) is 16.9 Å². The van der Waals surface area contributed by atoms with Gasteiger partial charge in [0.15, 0.2) is 9.84 Å². The molecule has 4 nitrogen and oxygen atoms in total. The molecule has 3 atom stereocenters.